The number of ketones is 1. The Bertz CT molecular complexity index is 829. The lowest BCUT2D eigenvalue weighted by Crippen LogP contribution is -2.02. The van der Waals surface area contributed by atoms with Gasteiger partial charge in [-0.15, -0.1) is 0 Å². The predicted octanol–water partition coefficient (Wildman–Crippen LogP) is 3.78. The molecular formula is C17H12FNO4. The van der Waals surface area contributed by atoms with Crippen LogP contribution in [0.1, 0.15) is 22.3 Å². The highest BCUT2D eigenvalue weighted by Gasteiger charge is 2.22. The van der Waals surface area contributed by atoms with Gasteiger partial charge in [-0.2, -0.15) is 0 Å². The van der Waals surface area contributed by atoms with Gasteiger partial charge >= 0.3 is 0 Å². The van der Waals surface area contributed by atoms with Crippen LogP contribution < -0.4 is 4.74 Å². The number of Topliss-reactive ketones (excluding diaryl/α,β-unsaturated/α-hetero) is 1. The van der Waals surface area contributed by atoms with E-state index in [1.54, 1.807) is 18.2 Å². The summed E-state index contributed by atoms with van der Waals surface area (Å²) < 4.78 is 18.9. The van der Waals surface area contributed by atoms with E-state index >= 15 is 0 Å². The maximum Gasteiger partial charge on any atom is 0.270 e. The van der Waals surface area contributed by atoms with E-state index in [1.165, 1.54) is 24.3 Å². The molecule has 0 saturated carbocycles. The van der Waals surface area contributed by atoms with E-state index in [-0.39, 0.29) is 23.6 Å². The monoisotopic (exact) mass is 313 g/mol. The van der Waals surface area contributed by atoms with Crippen molar-refractivity contribution in [2.75, 3.05) is 6.61 Å². The normalized spacial score (nSPS) is 15.7. The first-order chi connectivity index (χ1) is 11.0. The number of hydrogen-bond acceptors (Lipinski definition) is 4. The third-order valence-electron chi connectivity index (χ3n) is 3.53. The van der Waals surface area contributed by atoms with Gasteiger partial charge < -0.3 is 4.74 Å². The highest BCUT2D eigenvalue weighted by molar-refractivity contribution is 6.13. The number of ether oxygens (including phenoxy) is 1. The Labute approximate surface area is 131 Å². The largest absolute Gasteiger partial charge is 0.492 e. The average molecular weight is 313 g/mol. The summed E-state index contributed by atoms with van der Waals surface area (Å²) in [5.41, 5.74) is 1.08. The van der Waals surface area contributed by atoms with Crippen LogP contribution in [0.3, 0.4) is 0 Å². The maximum absolute atomic E-state index is 13.4. The topological polar surface area (TPSA) is 69.4 Å². The Morgan fingerprint density at radius 2 is 2.04 bits per heavy atom. The van der Waals surface area contributed by atoms with Gasteiger partial charge in [0.1, 0.15) is 11.6 Å². The summed E-state index contributed by atoms with van der Waals surface area (Å²) in [4.78, 5) is 22.9. The number of carbonyl (C=O) groups excluding carboxylic acids is 1. The van der Waals surface area contributed by atoms with Crippen LogP contribution >= 0.6 is 0 Å². The van der Waals surface area contributed by atoms with Gasteiger partial charge in [-0.05, 0) is 29.8 Å². The van der Waals surface area contributed by atoms with Crippen molar-refractivity contribution in [2.24, 2.45) is 0 Å². The van der Waals surface area contributed by atoms with Crippen molar-refractivity contribution in [2.45, 2.75) is 6.42 Å². The molecule has 0 aliphatic carbocycles. The predicted molar refractivity (Wildman–Crippen MR) is 81.9 cm³/mol. The van der Waals surface area contributed by atoms with Crippen LogP contribution in [0.4, 0.5) is 10.1 Å². The maximum atomic E-state index is 13.4. The average Bonchev–Trinajstić information content (AvgIpc) is 2.68. The fourth-order valence-corrected chi connectivity index (χ4v) is 2.43. The van der Waals surface area contributed by atoms with E-state index < -0.39 is 10.7 Å². The first kappa shape index (κ1) is 14.9. The van der Waals surface area contributed by atoms with Crippen molar-refractivity contribution in [3.63, 3.8) is 0 Å². The molecule has 0 saturated heterocycles. The number of nitro groups is 1. The molecule has 0 N–H and O–H groups in total. The van der Waals surface area contributed by atoms with Gasteiger partial charge in [-0.3, -0.25) is 14.9 Å². The van der Waals surface area contributed by atoms with E-state index in [9.17, 15) is 19.3 Å². The van der Waals surface area contributed by atoms with Crippen LogP contribution in [0.25, 0.3) is 6.08 Å². The van der Waals surface area contributed by atoms with Crippen LogP contribution in [0, 0.1) is 15.9 Å². The molecule has 0 spiro atoms. The zero-order chi connectivity index (χ0) is 16.4. The lowest BCUT2D eigenvalue weighted by atomic mass is 9.99. The molecule has 0 bridgehead atoms. The SMILES string of the molecule is O=C1/C(=C\c2cccc([N+](=O)[O-])c2)CCOc2ccc(F)cc21. The number of nitro benzene ring substituents is 1. The number of benzene rings is 2. The van der Waals surface area contributed by atoms with Gasteiger partial charge in [0.15, 0.2) is 5.78 Å². The number of fused-ring (bicyclic) bond motifs is 1. The number of carbonyl (C=O) groups is 1. The summed E-state index contributed by atoms with van der Waals surface area (Å²) in [7, 11) is 0. The Morgan fingerprint density at radius 1 is 1.22 bits per heavy atom. The van der Waals surface area contributed by atoms with Crippen molar-refractivity contribution in [3.8, 4) is 5.75 Å². The van der Waals surface area contributed by atoms with Crippen LogP contribution in [0.5, 0.6) is 5.75 Å². The van der Waals surface area contributed by atoms with Gasteiger partial charge in [0.2, 0.25) is 0 Å². The number of hydrogen-bond donors (Lipinski definition) is 0. The fraction of sp³-hybridized carbons (Fsp3) is 0.118. The molecule has 1 aliphatic heterocycles. The molecule has 1 aliphatic rings. The highest BCUT2D eigenvalue weighted by atomic mass is 19.1. The van der Waals surface area contributed by atoms with Gasteiger partial charge in [-0.25, -0.2) is 4.39 Å². The molecule has 0 amide bonds. The number of rotatable bonds is 2. The molecule has 3 rings (SSSR count). The molecule has 116 valence electrons. The molecule has 0 atom stereocenters. The van der Waals surface area contributed by atoms with Gasteiger partial charge in [0.05, 0.1) is 17.1 Å². The fourth-order valence-electron chi connectivity index (χ4n) is 2.43. The molecule has 23 heavy (non-hydrogen) atoms. The standard InChI is InChI=1S/C17H12FNO4/c18-13-4-5-16-15(10-13)17(20)12(6-7-23-16)8-11-2-1-3-14(9-11)19(21)22/h1-5,8-10H,6-7H2/b12-8-. The van der Waals surface area contributed by atoms with Gasteiger partial charge in [0.25, 0.3) is 5.69 Å². The number of halogens is 1. The van der Waals surface area contributed by atoms with Crippen LogP contribution in [-0.4, -0.2) is 17.3 Å². The van der Waals surface area contributed by atoms with Crippen molar-refractivity contribution in [1.82, 2.24) is 0 Å². The second-order valence-electron chi connectivity index (χ2n) is 5.09. The zero-order valence-corrected chi connectivity index (χ0v) is 12.0. The van der Waals surface area contributed by atoms with Crippen molar-refractivity contribution < 1.29 is 18.8 Å². The minimum absolute atomic E-state index is 0.0527. The minimum atomic E-state index is -0.516. The van der Waals surface area contributed by atoms with E-state index in [2.05, 4.69) is 0 Å². The molecule has 0 aromatic heterocycles. The van der Waals surface area contributed by atoms with Crippen LogP contribution in [0.15, 0.2) is 48.0 Å². The molecule has 2 aromatic rings. The third kappa shape index (κ3) is 3.11. The second kappa shape index (κ2) is 6.00. The molecule has 0 fully saturated rings. The van der Waals surface area contributed by atoms with Crippen LogP contribution in [-0.2, 0) is 0 Å². The number of nitrogens with zero attached hydrogens (tertiary/aromatic N) is 1. The van der Waals surface area contributed by atoms with E-state index in [0.29, 0.717) is 23.3 Å². The Balaban J connectivity index is 2.01. The van der Waals surface area contributed by atoms with Gasteiger partial charge in [-0.1, -0.05) is 12.1 Å². The second-order valence-corrected chi connectivity index (χ2v) is 5.09. The Morgan fingerprint density at radius 3 is 2.83 bits per heavy atom. The third-order valence-corrected chi connectivity index (χ3v) is 3.53. The number of non-ortho nitro benzene ring substituents is 1. The Kier molecular flexibility index (Phi) is 3.89. The van der Waals surface area contributed by atoms with Crippen molar-refractivity contribution in [1.29, 1.82) is 0 Å². The molecule has 6 heteroatoms. The lowest BCUT2D eigenvalue weighted by Gasteiger charge is -2.05. The first-order valence-electron chi connectivity index (χ1n) is 6.96. The summed E-state index contributed by atoms with van der Waals surface area (Å²) >= 11 is 0. The highest BCUT2D eigenvalue weighted by Crippen LogP contribution is 2.28. The summed E-state index contributed by atoms with van der Waals surface area (Å²) in [6, 6.07) is 9.80. The minimum Gasteiger partial charge on any atom is -0.492 e. The van der Waals surface area contributed by atoms with Crippen molar-refractivity contribution >= 4 is 17.5 Å². The molecule has 1 heterocycles. The van der Waals surface area contributed by atoms with Crippen molar-refractivity contribution in [3.05, 3.63) is 75.1 Å². The first-order valence-corrected chi connectivity index (χ1v) is 6.96. The summed E-state index contributed by atoms with van der Waals surface area (Å²) in [5, 5.41) is 10.8. The van der Waals surface area contributed by atoms with E-state index in [0.717, 1.165) is 6.07 Å². The molecular weight excluding hydrogens is 301 g/mol. The molecule has 2 aromatic carbocycles. The van der Waals surface area contributed by atoms with Crippen LogP contribution in [0.2, 0.25) is 0 Å². The zero-order valence-electron chi connectivity index (χ0n) is 12.0. The molecule has 5 nitrogen and oxygen atoms in total. The van der Waals surface area contributed by atoms with Gasteiger partial charge in [0, 0.05) is 24.1 Å². The molecule has 0 radical (unpaired) electrons. The molecule has 0 unspecified atom stereocenters. The Hall–Kier alpha value is -3.02. The smallest absolute Gasteiger partial charge is 0.270 e. The summed E-state index contributed by atoms with van der Waals surface area (Å²) in [5.74, 6) is -0.500. The van der Waals surface area contributed by atoms with E-state index in [4.69, 9.17) is 4.74 Å². The summed E-state index contributed by atoms with van der Waals surface area (Å²) in [6.45, 7) is 0.283. The quantitative estimate of drug-likeness (QED) is 0.480. The van der Waals surface area contributed by atoms with E-state index in [1.807, 2.05) is 0 Å². The summed E-state index contributed by atoms with van der Waals surface area (Å²) in [6.07, 6.45) is 1.93. The lowest BCUT2D eigenvalue weighted by molar-refractivity contribution is -0.384.